The number of aryl methyl sites for hydroxylation is 1. The zero-order chi connectivity index (χ0) is 23.7. The lowest BCUT2D eigenvalue weighted by molar-refractivity contribution is 0.0934. The molecule has 1 aliphatic carbocycles. The van der Waals surface area contributed by atoms with Gasteiger partial charge < -0.3 is 9.88 Å². The van der Waals surface area contributed by atoms with Gasteiger partial charge in [0.05, 0.1) is 5.69 Å². The van der Waals surface area contributed by atoms with Crippen molar-refractivity contribution in [2.45, 2.75) is 38.1 Å². The fourth-order valence-electron chi connectivity index (χ4n) is 4.56. The second kappa shape index (κ2) is 9.21. The minimum absolute atomic E-state index is 0.322. The summed E-state index contributed by atoms with van der Waals surface area (Å²) in [6.07, 6.45) is 8.07. The molecule has 5 rings (SSSR count). The van der Waals surface area contributed by atoms with Crippen molar-refractivity contribution in [3.05, 3.63) is 101 Å². The third-order valence-corrected chi connectivity index (χ3v) is 6.31. The third kappa shape index (κ3) is 4.23. The number of carbonyl (C=O) groups is 1. The fraction of sp³-hybridized carbons (Fsp3) is 0.269. The van der Waals surface area contributed by atoms with E-state index in [0.717, 1.165) is 49.0 Å². The van der Waals surface area contributed by atoms with Crippen LogP contribution in [0.3, 0.4) is 0 Å². The Labute approximate surface area is 196 Å². The van der Waals surface area contributed by atoms with Crippen LogP contribution in [0, 0.1) is 11.6 Å². The van der Waals surface area contributed by atoms with Gasteiger partial charge in [-0.15, -0.1) is 0 Å². The summed E-state index contributed by atoms with van der Waals surface area (Å²) in [7, 11) is 1.85. The van der Waals surface area contributed by atoms with E-state index in [1.54, 1.807) is 41.3 Å². The van der Waals surface area contributed by atoms with Gasteiger partial charge in [0.25, 0.3) is 5.91 Å². The van der Waals surface area contributed by atoms with Gasteiger partial charge in [0.1, 0.15) is 23.5 Å². The number of nitrogens with one attached hydrogen (secondary N) is 1. The van der Waals surface area contributed by atoms with Crippen LogP contribution in [0.25, 0.3) is 5.69 Å². The fourth-order valence-corrected chi connectivity index (χ4v) is 4.56. The SMILES string of the molecule is Cn1ccnc1C(NC(=O)c1nn(-c2ccc(F)cc2)c2c1CCCCC2)c1ccc(F)cc1. The molecule has 2 aromatic heterocycles. The van der Waals surface area contributed by atoms with Crippen molar-refractivity contribution < 1.29 is 13.6 Å². The number of halogens is 2. The van der Waals surface area contributed by atoms with E-state index in [-0.39, 0.29) is 17.5 Å². The number of hydrogen-bond acceptors (Lipinski definition) is 3. The normalized spacial score (nSPS) is 14.3. The summed E-state index contributed by atoms with van der Waals surface area (Å²) in [6, 6.07) is 11.6. The van der Waals surface area contributed by atoms with Crippen LogP contribution < -0.4 is 5.32 Å². The summed E-state index contributed by atoms with van der Waals surface area (Å²) in [5.74, 6) is -0.366. The Kier molecular flexibility index (Phi) is 5.96. The van der Waals surface area contributed by atoms with Gasteiger partial charge in [-0.3, -0.25) is 4.79 Å². The van der Waals surface area contributed by atoms with E-state index in [0.29, 0.717) is 17.1 Å². The molecule has 4 aromatic rings. The van der Waals surface area contributed by atoms with Crippen molar-refractivity contribution in [3.63, 3.8) is 0 Å². The molecule has 2 aromatic carbocycles. The quantitative estimate of drug-likeness (QED) is 0.439. The summed E-state index contributed by atoms with van der Waals surface area (Å²) in [5.41, 5.74) is 3.72. The van der Waals surface area contributed by atoms with Crippen molar-refractivity contribution in [2.24, 2.45) is 7.05 Å². The molecule has 2 heterocycles. The molecule has 0 saturated heterocycles. The number of fused-ring (bicyclic) bond motifs is 1. The van der Waals surface area contributed by atoms with Crippen LogP contribution in [0.5, 0.6) is 0 Å². The van der Waals surface area contributed by atoms with E-state index in [2.05, 4.69) is 10.3 Å². The highest BCUT2D eigenvalue weighted by Gasteiger charge is 2.28. The van der Waals surface area contributed by atoms with Crippen LogP contribution in [-0.4, -0.2) is 25.2 Å². The molecule has 0 aliphatic heterocycles. The van der Waals surface area contributed by atoms with Crippen LogP contribution in [0.15, 0.2) is 60.9 Å². The van der Waals surface area contributed by atoms with E-state index in [1.165, 1.54) is 24.3 Å². The van der Waals surface area contributed by atoms with Crippen LogP contribution in [0.2, 0.25) is 0 Å². The lowest BCUT2D eigenvalue weighted by Crippen LogP contribution is -2.32. The molecule has 0 spiro atoms. The van der Waals surface area contributed by atoms with E-state index in [4.69, 9.17) is 5.10 Å². The third-order valence-electron chi connectivity index (χ3n) is 6.31. The van der Waals surface area contributed by atoms with E-state index >= 15 is 0 Å². The van der Waals surface area contributed by atoms with Crippen LogP contribution in [0.1, 0.15) is 58.4 Å². The summed E-state index contributed by atoms with van der Waals surface area (Å²) in [5, 5.41) is 7.77. The number of benzene rings is 2. The molecular weight excluding hydrogens is 436 g/mol. The molecule has 1 aliphatic rings. The number of imidazole rings is 1. The number of carbonyl (C=O) groups excluding carboxylic acids is 1. The Morgan fingerprint density at radius 2 is 1.65 bits per heavy atom. The van der Waals surface area contributed by atoms with Crippen molar-refractivity contribution in [2.75, 3.05) is 0 Å². The monoisotopic (exact) mass is 461 g/mol. The highest BCUT2D eigenvalue weighted by atomic mass is 19.1. The second-order valence-electron chi connectivity index (χ2n) is 8.58. The summed E-state index contributed by atoms with van der Waals surface area (Å²) >= 11 is 0. The predicted molar refractivity (Wildman–Crippen MR) is 124 cm³/mol. The van der Waals surface area contributed by atoms with Gasteiger partial charge in [0, 0.05) is 30.7 Å². The van der Waals surface area contributed by atoms with Crippen LogP contribution in [0.4, 0.5) is 8.78 Å². The van der Waals surface area contributed by atoms with Gasteiger partial charge >= 0.3 is 0 Å². The molecule has 1 atom stereocenters. The molecule has 1 N–H and O–H groups in total. The lowest BCUT2D eigenvalue weighted by atomic mass is 10.0. The van der Waals surface area contributed by atoms with E-state index in [1.807, 2.05) is 11.6 Å². The van der Waals surface area contributed by atoms with Crippen LogP contribution >= 0.6 is 0 Å². The van der Waals surface area contributed by atoms with Crippen LogP contribution in [-0.2, 0) is 19.9 Å². The highest BCUT2D eigenvalue weighted by Crippen LogP contribution is 2.28. The average Bonchev–Trinajstić information content (AvgIpc) is 3.33. The lowest BCUT2D eigenvalue weighted by Gasteiger charge is -2.19. The maximum Gasteiger partial charge on any atom is 0.272 e. The summed E-state index contributed by atoms with van der Waals surface area (Å²) in [4.78, 5) is 18.0. The number of aromatic nitrogens is 4. The Balaban J connectivity index is 1.55. The number of hydrogen-bond donors (Lipinski definition) is 1. The first-order valence-corrected chi connectivity index (χ1v) is 11.4. The first-order valence-electron chi connectivity index (χ1n) is 11.4. The van der Waals surface area contributed by atoms with Crippen molar-refractivity contribution in [3.8, 4) is 5.69 Å². The Morgan fingerprint density at radius 1 is 0.971 bits per heavy atom. The van der Waals surface area contributed by atoms with Crippen molar-refractivity contribution in [1.29, 1.82) is 0 Å². The Hall–Kier alpha value is -3.81. The van der Waals surface area contributed by atoms with E-state index in [9.17, 15) is 13.6 Å². The molecule has 0 saturated carbocycles. The summed E-state index contributed by atoms with van der Waals surface area (Å²) in [6.45, 7) is 0. The minimum atomic E-state index is -0.578. The first-order chi connectivity index (χ1) is 16.5. The molecule has 1 unspecified atom stereocenters. The van der Waals surface area contributed by atoms with Gasteiger partial charge in [0.15, 0.2) is 5.69 Å². The Bertz CT molecular complexity index is 1310. The van der Waals surface area contributed by atoms with E-state index < -0.39 is 6.04 Å². The molecule has 0 radical (unpaired) electrons. The molecule has 6 nitrogen and oxygen atoms in total. The van der Waals surface area contributed by atoms with Gasteiger partial charge in [-0.1, -0.05) is 18.6 Å². The smallest absolute Gasteiger partial charge is 0.272 e. The molecule has 8 heteroatoms. The van der Waals surface area contributed by atoms with Crippen molar-refractivity contribution in [1.82, 2.24) is 24.6 Å². The van der Waals surface area contributed by atoms with Gasteiger partial charge in [-0.2, -0.15) is 5.10 Å². The van der Waals surface area contributed by atoms with Crippen molar-refractivity contribution >= 4 is 5.91 Å². The zero-order valence-corrected chi connectivity index (χ0v) is 18.8. The molecule has 0 fully saturated rings. The molecular formula is C26H25F2N5O. The average molecular weight is 462 g/mol. The summed E-state index contributed by atoms with van der Waals surface area (Å²) < 4.78 is 30.7. The number of amides is 1. The highest BCUT2D eigenvalue weighted by molar-refractivity contribution is 5.94. The maximum atomic E-state index is 13.6. The molecule has 1 amide bonds. The Morgan fingerprint density at radius 3 is 2.32 bits per heavy atom. The van der Waals surface area contributed by atoms with Gasteiger partial charge in [0.2, 0.25) is 0 Å². The number of rotatable bonds is 5. The maximum absolute atomic E-state index is 13.6. The predicted octanol–water partition coefficient (Wildman–Crippen LogP) is 4.67. The van der Waals surface area contributed by atoms with Gasteiger partial charge in [-0.05, 0) is 67.6 Å². The molecule has 174 valence electrons. The largest absolute Gasteiger partial charge is 0.337 e. The minimum Gasteiger partial charge on any atom is -0.337 e. The van der Waals surface area contributed by atoms with Gasteiger partial charge in [-0.25, -0.2) is 18.4 Å². The topological polar surface area (TPSA) is 64.7 Å². The molecule has 34 heavy (non-hydrogen) atoms. The standard InChI is InChI=1S/C26H25F2N5O/c1-32-16-15-29-25(32)23(17-7-9-18(27)10-8-17)30-26(34)24-21-5-3-2-4-6-22(21)33(31-24)20-13-11-19(28)12-14-20/h7-16,23H,2-6H2,1H3,(H,30,34). The second-order valence-corrected chi connectivity index (χ2v) is 8.58. The molecule has 0 bridgehead atoms. The number of nitrogens with zero attached hydrogens (tertiary/aromatic N) is 4. The zero-order valence-electron chi connectivity index (χ0n) is 18.8. The first kappa shape index (κ1) is 22.0.